The lowest BCUT2D eigenvalue weighted by atomic mass is 10.1. The van der Waals surface area contributed by atoms with Crippen LogP contribution in [0.3, 0.4) is 0 Å². The minimum atomic E-state index is -0.202. The molecule has 2 rings (SSSR count). The molecule has 1 saturated carbocycles. The quantitative estimate of drug-likeness (QED) is 0.628. The number of benzene rings is 1. The lowest BCUT2D eigenvalue weighted by molar-refractivity contribution is -0.145. The molecule has 4 nitrogen and oxygen atoms in total. The van der Waals surface area contributed by atoms with E-state index in [4.69, 9.17) is 15.7 Å². The normalized spacial score (nSPS) is 15.5. The highest BCUT2D eigenvalue weighted by atomic mass is 16.5. The van der Waals surface area contributed by atoms with Gasteiger partial charge in [0, 0.05) is 23.9 Å². The van der Waals surface area contributed by atoms with Crippen molar-refractivity contribution in [1.29, 1.82) is 5.26 Å². The fourth-order valence-electron chi connectivity index (χ4n) is 2.02. The number of rotatable bonds is 6. The summed E-state index contributed by atoms with van der Waals surface area (Å²) in [6.07, 6.45) is 3.45. The van der Waals surface area contributed by atoms with E-state index in [-0.39, 0.29) is 11.4 Å². The van der Waals surface area contributed by atoms with Gasteiger partial charge >= 0.3 is 5.97 Å². The largest absolute Gasteiger partial charge is 0.465 e. The molecule has 0 radical (unpaired) electrons. The van der Waals surface area contributed by atoms with Gasteiger partial charge in [-0.25, -0.2) is 0 Å². The summed E-state index contributed by atoms with van der Waals surface area (Å²) < 4.78 is 5.25. The van der Waals surface area contributed by atoms with Gasteiger partial charge < -0.3 is 10.5 Å². The Kier molecular flexibility index (Phi) is 4.06. The number of hydrogen-bond acceptors (Lipinski definition) is 4. The van der Waals surface area contributed by atoms with Crippen LogP contribution in [-0.2, 0) is 16.0 Å². The number of esters is 1. The maximum atomic E-state index is 11.6. The lowest BCUT2D eigenvalue weighted by Gasteiger charge is -2.11. The number of carbonyl (C=O) groups is 1. The van der Waals surface area contributed by atoms with Gasteiger partial charge in [-0.15, -0.1) is 0 Å². The molecule has 19 heavy (non-hydrogen) atoms. The molecular formula is C15H18N2O2. The highest BCUT2D eigenvalue weighted by molar-refractivity contribution is 5.69. The van der Waals surface area contributed by atoms with E-state index >= 15 is 0 Å². The molecule has 0 unspecified atom stereocenters. The molecule has 4 heteroatoms. The second-order valence-corrected chi connectivity index (χ2v) is 5.24. The number of nitriles is 1. The Morgan fingerprint density at radius 2 is 2.26 bits per heavy atom. The first-order valence-electron chi connectivity index (χ1n) is 6.51. The summed E-state index contributed by atoms with van der Waals surface area (Å²) in [5.74, 6) is -0.202. The van der Waals surface area contributed by atoms with Crippen LogP contribution in [0.5, 0.6) is 0 Å². The highest BCUT2D eigenvalue weighted by Gasteiger charge is 2.43. The predicted octanol–water partition coefficient (Wildman–Crippen LogP) is 2.44. The van der Waals surface area contributed by atoms with Gasteiger partial charge in [0.25, 0.3) is 0 Å². The molecule has 2 N–H and O–H groups in total. The zero-order valence-corrected chi connectivity index (χ0v) is 10.9. The van der Waals surface area contributed by atoms with Crippen LogP contribution in [0, 0.1) is 16.7 Å². The van der Waals surface area contributed by atoms with E-state index < -0.39 is 0 Å². The molecule has 0 amide bonds. The summed E-state index contributed by atoms with van der Waals surface area (Å²) in [6.45, 7) is 0.385. The average Bonchev–Trinajstić information content (AvgIpc) is 3.15. The number of ether oxygens (including phenoxy) is 1. The molecular weight excluding hydrogens is 240 g/mol. The van der Waals surface area contributed by atoms with Gasteiger partial charge in [-0.05, 0) is 37.0 Å². The monoisotopic (exact) mass is 258 g/mol. The Hall–Kier alpha value is -2.02. The van der Waals surface area contributed by atoms with Crippen molar-refractivity contribution < 1.29 is 9.53 Å². The van der Waals surface area contributed by atoms with Gasteiger partial charge in [0.05, 0.1) is 12.7 Å². The Balaban J connectivity index is 1.72. The second kappa shape index (κ2) is 5.75. The molecule has 1 aromatic carbocycles. The molecule has 0 saturated heterocycles. The van der Waals surface area contributed by atoms with Gasteiger partial charge in [-0.1, -0.05) is 12.1 Å². The van der Waals surface area contributed by atoms with Crippen molar-refractivity contribution >= 4 is 11.7 Å². The Bertz CT molecular complexity index is 501. The first kappa shape index (κ1) is 13.4. The Morgan fingerprint density at radius 3 is 2.89 bits per heavy atom. The maximum absolute atomic E-state index is 11.6. The van der Waals surface area contributed by atoms with Crippen molar-refractivity contribution in [3.63, 3.8) is 0 Å². The molecule has 0 heterocycles. The Morgan fingerprint density at radius 1 is 1.47 bits per heavy atom. The number of aryl methyl sites for hydroxylation is 1. The number of nitrogen functional groups attached to an aromatic ring is 1. The van der Waals surface area contributed by atoms with Crippen molar-refractivity contribution in [1.82, 2.24) is 0 Å². The summed E-state index contributed by atoms with van der Waals surface area (Å²) in [7, 11) is 0. The van der Waals surface area contributed by atoms with E-state index in [2.05, 4.69) is 6.07 Å². The van der Waals surface area contributed by atoms with Crippen LogP contribution >= 0.6 is 0 Å². The minimum absolute atomic E-state index is 0.0401. The van der Waals surface area contributed by atoms with Crippen molar-refractivity contribution in [3.8, 4) is 6.07 Å². The van der Waals surface area contributed by atoms with E-state index in [1.165, 1.54) is 0 Å². The molecule has 1 fully saturated rings. The topological polar surface area (TPSA) is 76.1 Å². The third-order valence-corrected chi connectivity index (χ3v) is 3.52. The van der Waals surface area contributed by atoms with Crippen LogP contribution in [0.1, 0.15) is 31.2 Å². The molecule has 0 aromatic heterocycles. The van der Waals surface area contributed by atoms with E-state index in [0.717, 1.165) is 18.4 Å². The number of nitrogens with two attached hydrogens (primary N) is 1. The molecule has 0 atom stereocenters. The van der Waals surface area contributed by atoms with Crippen LogP contribution in [0.15, 0.2) is 24.3 Å². The summed E-state index contributed by atoms with van der Waals surface area (Å²) in [6, 6.07) is 9.66. The Labute approximate surface area is 113 Å². The molecule has 100 valence electrons. The van der Waals surface area contributed by atoms with Crippen LogP contribution in [0.2, 0.25) is 0 Å². The SMILES string of the molecule is N#CCC1(COC(=O)CCc2cccc(N)c2)CC1. The van der Waals surface area contributed by atoms with E-state index in [9.17, 15) is 4.79 Å². The average molecular weight is 258 g/mol. The molecule has 0 spiro atoms. The molecule has 0 bridgehead atoms. The van der Waals surface area contributed by atoms with Gasteiger partial charge in [0.15, 0.2) is 0 Å². The molecule has 0 aliphatic heterocycles. The minimum Gasteiger partial charge on any atom is -0.465 e. The lowest BCUT2D eigenvalue weighted by Crippen LogP contribution is -2.15. The third kappa shape index (κ3) is 3.99. The van der Waals surface area contributed by atoms with Gasteiger partial charge in [0.1, 0.15) is 0 Å². The van der Waals surface area contributed by atoms with Crippen molar-refractivity contribution in [3.05, 3.63) is 29.8 Å². The van der Waals surface area contributed by atoms with E-state index in [1.54, 1.807) is 0 Å². The van der Waals surface area contributed by atoms with Crippen LogP contribution in [0.4, 0.5) is 5.69 Å². The third-order valence-electron chi connectivity index (χ3n) is 3.52. The number of carbonyl (C=O) groups excluding carboxylic acids is 1. The molecule has 1 aliphatic carbocycles. The zero-order chi connectivity index (χ0) is 13.7. The second-order valence-electron chi connectivity index (χ2n) is 5.24. The van der Waals surface area contributed by atoms with Gasteiger partial charge in [0.2, 0.25) is 0 Å². The standard InChI is InChI=1S/C15H18N2O2/c16-9-8-15(6-7-15)11-19-14(18)5-4-12-2-1-3-13(17)10-12/h1-3,10H,4-8,11,17H2. The highest BCUT2D eigenvalue weighted by Crippen LogP contribution is 2.48. The van der Waals surface area contributed by atoms with E-state index in [0.29, 0.717) is 31.6 Å². The first-order valence-corrected chi connectivity index (χ1v) is 6.51. The maximum Gasteiger partial charge on any atom is 0.306 e. The van der Waals surface area contributed by atoms with Gasteiger partial charge in [-0.2, -0.15) is 5.26 Å². The molecule has 1 aliphatic rings. The van der Waals surface area contributed by atoms with E-state index in [1.807, 2.05) is 24.3 Å². The molecule has 1 aromatic rings. The van der Waals surface area contributed by atoms with Crippen molar-refractivity contribution in [2.75, 3.05) is 12.3 Å². The van der Waals surface area contributed by atoms with Crippen LogP contribution < -0.4 is 5.73 Å². The summed E-state index contributed by atoms with van der Waals surface area (Å²) in [5, 5.41) is 8.68. The summed E-state index contributed by atoms with van der Waals surface area (Å²) in [5.41, 5.74) is 7.38. The fraction of sp³-hybridized carbons (Fsp3) is 0.467. The predicted molar refractivity (Wildman–Crippen MR) is 72.0 cm³/mol. The number of nitrogens with zero attached hydrogens (tertiary/aromatic N) is 1. The smallest absolute Gasteiger partial charge is 0.306 e. The van der Waals surface area contributed by atoms with Crippen molar-refractivity contribution in [2.24, 2.45) is 5.41 Å². The van der Waals surface area contributed by atoms with Crippen LogP contribution in [0.25, 0.3) is 0 Å². The zero-order valence-electron chi connectivity index (χ0n) is 10.9. The number of hydrogen-bond donors (Lipinski definition) is 1. The van der Waals surface area contributed by atoms with Crippen molar-refractivity contribution in [2.45, 2.75) is 32.1 Å². The number of anilines is 1. The summed E-state index contributed by atoms with van der Waals surface area (Å²) in [4.78, 5) is 11.6. The first-order chi connectivity index (χ1) is 9.13. The fourth-order valence-corrected chi connectivity index (χ4v) is 2.02. The van der Waals surface area contributed by atoms with Crippen LogP contribution in [-0.4, -0.2) is 12.6 Å². The summed E-state index contributed by atoms with van der Waals surface area (Å²) >= 11 is 0. The van der Waals surface area contributed by atoms with Gasteiger partial charge in [-0.3, -0.25) is 4.79 Å².